The standard InChI is InChI=1S/C14H20N6O3/c15-14-18-12(17-7-1-2-7)9-13(19-14)20(5-16-9)8-3-6(4-21)10(22)11(8)23/h5-8,10-11,21-23H,1-4H2,(H3,15,17,18,19)/t6-,8-,10-,11+/m1/s1. The third-order valence-electron chi connectivity index (χ3n) is 4.72. The molecule has 23 heavy (non-hydrogen) atoms. The maximum atomic E-state index is 10.3. The molecule has 0 spiro atoms. The highest BCUT2D eigenvalue weighted by atomic mass is 16.3. The number of hydrogen-bond donors (Lipinski definition) is 5. The molecule has 9 nitrogen and oxygen atoms in total. The molecule has 0 amide bonds. The SMILES string of the molecule is Nc1nc(NC2CC2)c2ncn([C@@H]3C[C@H](CO)[C@@H](O)[C@H]3O)c2n1. The highest BCUT2D eigenvalue weighted by molar-refractivity contribution is 5.84. The lowest BCUT2D eigenvalue weighted by Crippen LogP contribution is -2.30. The van der Waals surface area contributed by atoms with Crippen molar-refractivity contribution in [2.75, 3.05) is 17.7 Å². The lowest BCUT2D eigenvalue weighted by molar-refractivity contribution is -0.00370. The fraction of sp³-hybridized carbons (Fsp3) is 0.643. The summed E-state index contributed by atoms with van der Waals surface area (Å²) in [5.74, 6) is 0.366. The predicted molar refractivity (Wildman–Crippen MR) is 82.6 cm³/mol. The van der Waals surface area contributed by atoms with E-state index >= 15 is 0 Å². The molecule has 2 heterocycles. The zero-order valence-corrected chi connectivity index (χ0v) is 12.5. The molecule has 0 unspecified atom stereocenters. The molecule has 6 N–H and O–H groups in total. The largest absolute Gasteiger partial charge is 0.396 e. The zero-order chi connectivity index (χ0) is 16.1. The van der Waals surface area contributed by atoms with Gasteiger partial charge in [0.15, 0.2) is 17.0 Å². The van der Waals surface area contributed by atoms with Crippen LogP contribution in [0.25, 0.3) is 11.2 Å². The second kappa shape index (κ2) is 5.29. The van der Waals surface area contributed by atoms with E-state index in [1.54, 1.807) is 10.9 Å². The van der Waals surface area contributed by atoms with E-state index in [0.29, 0.717) is 29.4 Å². The molecule has 2 aliphatic carbocycles. The lowest BCUT2D eigenvalue weighted by atomic mass is 10.1. The van der Waals surface area contributed by atoms with Crippen LogP contribution in [-0.4, -0.2) is 59.7 Å². The van der Waals surface area contributed by atoms with Crippen molar-refractivity contribution in [3.8, 4) is 0 Å². The van der Waals surface area contributed by atoms with Crippen LogP contribution >= 0.6 is 0 Å². The maximum absolute atomic E-state index is 10.3. The van der Waals surface area contributed by atoms with Crippen LogP contribution < -0.4 is 11.1 Å². The van der Waals surface area contributed by atoms with Gasteiger partial charge in [0.2, 0.25) is 5.95 Å². The number of aromatic nitrogens is 4. The van der Waals surface area contributed by atoms with E-state index in [4.69, 9.17) is 5.73 Å². The fourth-order valence-electron chi connectivity index (χ4n) is 3.25. The summed E-state index contributed by atoms with van der Waals surface area (Å²) in [5.41, 5.74) is 6.93. The molecule has 0 bridgehead atoms. The third-order valence-corrected chi connectivity index (χ3v) is 4.72. The van der Waals surface area contributed by atoms with Crippen LogP contribution in [0.2, 0.25) is 0 Å². The van der Waals surface area contributed by atoms with Crippen LogP contribution in [-0.2, 0) is 0 Å². The molecule has 2 fully saturated rings. The Morgan fingerprint density at radius 2 is 2.04 bits per heavy atom. The number of fused-ring (bicyclic) bond motifs is 1. The molecule has 2 saturated carbocycles. The first kappa shape index (κ1) is 14.6. The Bertz CT molecular complexity index is 731. The Balaban J connectivity index is 1.74. The number of aliphatic hydroxyl groups excluding tert-OH is 3. The molecular formula is C14H20N6O3. The highest BCUT2D eigenvalue weighted by Gasteiger charge is 2.42. The molecule has 4 atom stereocenters. The smallest absolute Gasteiger partial charge is 0.224 e. The Hall–Kier alpha value is -1.97. The lowest BCUT2D eigenvalue weighted by Gasteiger charge is -2.18. The number of nitrogens with two attached hydrogens (primary N) is 1. The van der Waals surface area contributed by atoms with Crippen LogP contribution in [0.3, 0.4) is 0 Å². The number of hydrogen-bond acceptors (Lipinski definition) is 8. The molecule has 0 saturated heterocycles. The van der Waals surface area contributed by atoms with Crippen LogP contribution in [0.1, 0.15) is 25.3 Å². The van der Waals surface area contributed by atoms with E-state index in [9.17, 15) is 15.3 Å². The van der Waals surface area contributed by atoms with Gasteiger partial charge in [-0.1, -0.05) is 0 Å². The van der Waals surface area contributed by atoms with Crippen LogP contribution in [0.15, 0.2) is 6.33 Å². The number of aliphatic hydroxyl groups is 3. The van der Waals surface area contributed by atoms with Gasteiger partial charge in [0.1, 0.15) is 6.10 Å². The van der Waals surface area contributed by atoms with Gasteiger partial charge in [0, 0.05) is 18.6 Å². The Labute approximate surface area is 132 Å². The molecule has 0 aromatic carbocycles. The van der Waals surface area contributed by atoms with Crippen molar-refractivity contribution in [1.82, 2.24) is 19.5 Å². The van der Waals surface area contributed by atoms with Crippen molar-refractivity contribution in [1.29, 1.82) is 0 Å². The summed E-state index contributed by atoms with van der Waals surface area (Å²) in [4.78, 5) is 12.8. The average molecular weight is 320 g/mol. The van der Waals surface area contributed by atoms with Crippen molar-refractivity contribution in [2.45, 2.75) is 43.6 Å². The summed E-state index contributed by atoms with van der Waals surface area (Å²) in [6.45, 7) is -0.174. The number of anilines is 2. The number of rotatable bonds is 4. The van der Waals surface area contributed by atoms with Crippen molar-refractivity contribution in [3.63, 3.8) is 0 Å². The minimum atomic E-state index is -0.986. The molecule has 2 aliphatic rings. The zero-order valence-electron chi connectivity index (χ0n) is 12.5. The second-order valence-electron chi connectivity index (χ2n) is 6.40. The number of nitrogens with zero attached hydrogens (tertiary/aromatic N) is 4. The summed E-state index contributed by atoms with van der Waals surface area (Å²) < 4.78 is 1.72. The fourth-order valence-corrected chi connectivity index (χ4v) is 3.25. The van der Waals surface area contributed by atoms with E-state index in [1.165, 1.54) is 0 Å². The molecule has 9 heteroatoms. The van der Waals surface area contributed by atoms with Gasteiger partial charge in [-0.3, -0.25) is 0 Å². The van der Waals surface area contributed by atoms with E-state index in [0.717, 1.165) is 12.8 Å². The van der Waals surface area contributed by atoms with Gasteiger partial charge in [0.25, 0.3) is 0 Å². The first-order chi connectivity index (χ1) is 11.1. The summed E-state index contributed by atoms with van der Waals surface area (Å²) in [6, 6.07) is -0.00876. The topological polar surface area (TPSA) is 142 Å². The van der Waals surface area contributed by atoms with Crippen molar-refractivity contribution < 1.29 is 15.3 Å². The monoisotopic (exact) mass is 320 g/mol. The van der Waals surface area contributed by atoms with E-state index in [1.807, 2.05) is 0 Å². The van der Waals surface area contributed by atoms with Crippen LogP contribution in [0.5, 0.6) is 0 Å². The molecule has 2 aromatic heterocycles. The predicted octanol–water partition coefficient (Wildman–Crippen LogP) is -0.742. The highest BCUT2D eigenvalue weighted by Crippen LogP contribution is 2.37. The quantitative estimate of drug-likeness (QED) is 0.495. The number of imidazole rings is 1. The van der Waals surface area contributed by atoms with Gasteiger partial charge < -0.3 is 30.9 Å². The summed E-state index contributed by atoms with van der Waals surface area (Å²) >= 11 is 0. The number of nitrogens with one attached hydrogen (secondary N) is 1. The summed E-state index contributed by atoms with van der Waals surface area (Å²) in [6.07, 6.45) is 2.26. The van der Waals surface area contributed by atoms with Gasteiger partial charge in [-0.25, -0.2) is 4.98 Å². The van der Waals surface area contributed by atoms with Gasteiger partial charge in [-0.05, 0) is 19.3 Å². The molecule has 2 aromatic rings. The maximum Gasteiger partial charge on any atom is 0.224 e. The first-order valence-electron chi connectivity index (χ1n) is 7.82. The van der Waals surface area contributed by atoms with Gasteiger partial charge in [0.05, 0.1) is 18.5 Å². The minimum absolute atomic E-state index is 0.133. The molecular weight excluding hydrogens is 300 g/mol. The van der Waals surface area contributed by atoms with Gasteiger partial charge >= 0.3 is 0 Å². The molecule has 124 valence electrons. The van der Waals surface area contributed by atoms with E-state index < -0.39 is 18.2 Å². The van der Waals surface area contributed by atoms with Gasteiger partial charge in [-0.2, -0.15) is 9.97 Å². The molecule has 0 aliphatic heterocycles. The Kier molecular flexibility index (Phi) is 3.36. The van der Waals surface area contributed by atoms with Crippen LogP contribution in [0.4, 0.5) is 11.8 Å². The van der Waals surface area contributed by atoms with Crippen molar-refractivity contribution >= 4 is 22.9 Å². The van der Waals surface area contributed by atoms with Gasteiger partial charge in [-0.15, -0.1) is 0 Å². The van der Waals surface area contributed by atoms with Crippen molar-refractivity contribution in [3.05, 3.63) is 6.33 Å². The second-order valence-corrected chi connectivity index (χ2v) is 6.40. The van der Waals surface area contributed by atoms with E-state index in [2.05, 4.69) is 20.3 Å². The average Bonchev–Trinajstić information content (AvgIpc) is 3.17. The van der Waals surface area contributed by atoms with E-state index in [-0.39, 0.29) is 18.5 Å². The summed E-state index contributed by atoms with van der Waals surface area (Å²) in [7, 11) is 0. The third kappa shape index (κ3) is 2.41. The van der Waals surface area contributed by atoms with Crippen molar-refractivity contribution in [2.24, 2.45) is 5.92 Å². The minimum Gasteiger partial charge on any atom is -0.396 e. The first-order valence-corrected chi connectivity index (χ1v) is 7.82. The Morgan fingerprint density at radius 1 is 1.26 bits per heavy atom. The van der Waals surface area contributed by atoms with Crippen LogP contribution in [0, 0.1) is 5.92 Å². The molecule has 4 rings (SSSR count). The Morgan fingerprint density at radius 3 is 2.70 bits per heavy atom. The number of nitrogen functional groups attached to an aromatic ring is 1. The summed E-state index contributed by atoms with van der Waals surface area (Å²) in [5, 5.41) is 32.9. The molecule has 0 radical (unpaired) electrons. The normalized spacial score (nSPS) is 30.9.